The molecule has 0 aromatic rings. The van der Waals surface area contributed by atoms with Gasteiger partial charge >= 0.3 is 11.9 Å². The van der Waals surface area contributed by atoms with E-state index in [1.54, 1.807) is 0 Å². The van der Waals surface area contributed by atoms with E-state index in [-0.39, 0.29) is 6.42 Å². The molecule has 15 heavy (non-hydrogen) atoms. The number of hydrogen-bond donors (Lipinski definition) is 3. The molecule has 0 fully saturated rings. The van der Waals surface area contributed by atoms with Crippen LogP contribution in [0, 0.1) is 0 Å². The lowest BCUT2D eigenvalue weighted by Gasteiger charge is -2.23. The summed E-state index contributed by atoms with van der Waals surface area (Å²) < 4.78 is 28.0. The maximum Gasteiger partial charge on any atom is 0.328 e. The van der Waals surface area contributed by atoms with E-state index < -0.39 is 39.6 Å². The van der Waals surface area contributed by atoms with Gasteiger partial charge in [-0.15, -0.1) is 0 Å². The van der Waals surface area contributed by atoms with E-state index in [1.807, 2.05) is 0 Å². The molecular weight excluding hydrogens is 228 g/mol. The predicted octanol–water partition coefficient (Wildman–Crippen LogP) is -0.0276. The van der Waals surface area contributed by atoms with Crippen molar-refractivity contribution in [1.82, 2.24) is 0 Å². The minimum atomic E-state index is -4.96. The highest BCUT2D eigenvalue weighted by molar-refractivity contribution is 7.88. The lowest BCUT2D eigenvalue weighted by molar-refractivity contribution is -0.147. The van der Waals surface area contributed by atoms with Gasteiger partial charge in [0.25, 0.3) is 10.1 Å². The van der Waals surface area contributed by atoms with E-state index in [2.05, 4.69) is 0 Å². The van der Waals surface area contributed by atoms with Crippen molar-refractivity contribution in [2.75, 3.05) is 0 Å². The third kappa shape index (κ3) is 2.90. The quantitative estimate of drug-likeness (QED) is 0.556. The third-order valence-corrected chi connectivity index (χ3v) is 3.48. The van der Waals surface area contributed by atoms with Crippen molar-refractivity contribution >= 4 is 22.1 Å². The molecule has 0 aromatic carbocycles. The molecule has 0 aliphatic heterocycles. The minimum absolute atomic E-state index is 0.124. The van der Waals surface area contributed by atoms with Crippen LogP contribution in [0.15, 0.2) is 0 Å². The largest absolute Gasteiger partial charge is 0.481 e. The van der Waals surface area contributed by atoms with Crippen molar-refractivity contribution in [3.8, 4) is 0 Å². The Balaban J connectivity index is 5.48. The van der Waals surface area contributed by atoms with Crippen molar-refractivity contribution in [2.45, 2.75) is 30.9 Å². The fourth-order valence-electron chi connectivity index (χ4n) is 1.25. The maximum absolute atomic E-state index is 10.9. The summed E-state index contributed by atoms with van der Waals surface area (Å²) in [4.78, 5) is 21.2. The van der Waals surface area contributed by atoms with Crippen LogP contribution in [0.25, 0.3) is 0 Å². The molecule has 0 saturated carbocycles. The summed E-state index contributed by atoms with van der Waals surface area (Å²) in [5.41, 5.74) is 0. The average molecular weight is 240 g/mol. The highest BCUT2D eigenvalue weighted by Crippen LogP contribution is 2.27. The molecule has 3 N–H and O–H groups in total. The standard InChI is InChI=1S/C7H12O7S/c1-2-3-7(6(10)11,4-5(8)9)15(12,13)14/h2-4H2,1H3,(H,8,9)(H,10,11)(H,12,13,14). The molecule has 0 saturated heterocycles. The molecule has 7 nitrogen and oxygen atoms in total. The molecule has 0 bridgehead atoms. The van der Waals surface area contributed by atoms with Gasteiger partial charge in [-0.25, -0.2) is 0 Å². The number of hydrogen-bond acceptors (Lipinski definition) is 4. The fraction of sp³-hybridized carbons (Fsp3) is 0.714. The van der Waals surface area contributed by atoms with E-state index in [9.17, 15) is 18.0 Å². The van der Waals surface area contributed by atoms with Crippen LogP contribution in [0.1, 0.15) is 26.2 Å². The summed E-state index contributed by atoms with van der Waals surface area (Å²) in [6.45, 7) is 1.49. The highest BCUT2D eigenvalue weighted by Gasteiger charge is 2.51. The molecule has 0 aliphatic rings. The summed E-state index contributed by atoms with van der Waals surface area (Å²) in [5, 5.41) is 17.2. The van der Waals surface area contributed by atoms with Gasteiger partial charge in [-0.3, -0.25) is 14.1 Å². The van der Waals surface area contributed by atoms with E-state index >= 15 is 0 Å². The summed E-state index contributed by atoms with van der Waals surface area (Å²) in [5.74, 6) is -3.45. The number of rotatable bonds is 6. The summed E-state index contributed by atoms with van der Waals surface area (Å²) in [6.07, 6.45) is -1.48. The van der Waals surface area contributed by atoms with Gasteiger partial charge in [-0.1, -0.05) is 13.3 Å². The predicted molar refractivity (Wildman–Crippen MR) is 49.1 cm³/mol. The van der Waals surface area contributed by atoms with E-state index in [0.29, 0.717) is 0 Å². The van der Waals surface area contributed by atoms with Gasteiger partial charge in [0.2, 0.25) is 4.75 Å². The Hall–Kier alpha value is -1.15. The lowest BCUT2D eigenvalue weighted by atomic mass is 9.99. The van der Waals surface area contributed by atoms with Crippen molar-refractivity contribution in [1.29, 1.82) is 0 Å². The summed E-state index contributed by atoms with van der Waals surface area (Å²) in [6, 6.07) is 0. The first-order chi connectivity index (χ1) is 6.67. The molecule has 0 rings (SSSR count). The molecule has 1 atom stereocenters. The van der Waals surface area contributed by atoms with Crippen LogP contribution >= 0.6 is 0 Å². The molecule has 88 valence electrons. The highest BCUT2D eigenvalue weighted by atomic mass is 32.2. The number of carbonyl (C=O) groups is 2. The second-order valence-electron chi connectivity index (χ2n) is 3.10. The second-order valence-corrected chi connectivity index (χ2v) is 4.83. The second kappa shape index (κ2) is 4.58. The van der Waals surface area contributed by atoms with Crippen molar-refractivity contribution < 1.29 is 32.8 Å². The molecule has 1 unspecified atom stereocenters. The molecule has 0 heterocycles. The zero-order chi connectivity index (χ0) is 12.3. The van der Waals surface area contributed by atoms with E-state index in [1.165, 1.54) is 6.92 Å². The molecular formula is C7H12O7S. The van der Waals surface area contributed by atoms with Gasteiger partial charge in [0.15, 0.2) is 0 Å². The Morgan fingerprint density at radius 1 is 1.27 bits per heavy atom. The van der Waals surface area contributed by atoms with Gasteiger partial charge in [0.05, 0.1) is 6.42 Å². The Morgan fingerprint density at radius 2 is 1.73 bits per heavy atom. The van der Waals surface area contributed by atoms with Crippen LogP contribution in [-0.2, 0) is 19.7 Å². The minimum Gasteiger partial charge on any atom is -0.481 e. The zero-order valence-electron chi connectivity index (χ0n) is 8.00. The topological polar surface area (TPSA) is 129 Å². The number of aliphatic carboxylic acids is 2. The third-order valence-electron chi connectivity index (χ3n) is 1.97. The Kier molecular flexibility index (Phi) is 4.23. The van der Waals surface area contributed by atoms with Crippen molar-refractivity contribution in [3.63, 3.8) is 0 Å². The van der Waals surface area contributed by atoms with Crippen LogP contribution in [-0.4, -0.2) is 39.9 Å². The number of carboxylic acids is 2. The lowest BCUT2D eigenvalue weighted by Crippen LogP contribution is -2.47. The van der Waals surface area contributed by atoms with Crippen LogP contribution in [0.5, 0.6) is 0 Å². The molecule has 8 heteroatoms. The molecule has 0 aliphatic carbocycles. The van der Waals surface area contributed by atoms with Crippen LogP contribution < -0.4 is 0 Å². The monoisotopic (exact) mass is 240 g/mol. The van der Waals surface area contributed by atoms with E-state index in [0.717, 1.165) is 0 Å². The fourth-order valence-corrected chi connectivity index (χ4v) is 2.24. The van der Waals surface area contributed by atoms with Crippen LogP contribution in [0.3, 0.4) is 0 Å². The van der Waals surface area contributed by atoms with Gasteiger partial charge in [-0.2, -0.15) is 8.42 Å². The Labute approximate surface area is 86.5 Å². The molecule has 0 amide bonds. The molecule has 0 spiro atoms. The number of carboxylic acid groups (broad SMARTS) is 2. The van der Waals surface area contributed by atoms with Crippen LogP contribution in [0.4, 0.5) is 0 Å². The van der Waals surface area contributed by atoms with Crippen molar-refractivity contribution in [2.24, 2.45) is 0 Å². The van der Waals surface area contributed by atoms with Crippen LogP contribution in [0.2, 0.25) is 0 Å². The average Bonchev–Trinajstić information content (AvgIpc) is 1.99. The summed E-state index contributed by atoms with van der Waals surface area (Å²) in [7, 11) is -4.96. The van der Waals surface area contributed by atoms with Gasteiger partial charge in [-0.05, 0) is 6.42 Å². The van der Waals surface area contributed by atoms with Gasteiger partial charge < -0.3 is 10.2 Å². The van der Waals surface area contributed by atoms with Gasteiger partial charge in [0, 0.05) is 0 Å². The smallest absolute Gasteiger partial charge is 0.328 e. The molecule has 0 radical (unpaired) electrons. The molecule has 0 aromatic heterocycles. The Morgan fingerprint density at radius 3 is 1.93 bits per heavy atom. The zero-order valence-corrected chi connectivity index (χ0v) is 8.82. The first-order valence-corrected chi connectivity index (χ1v) is 5.53. The normalized spacial score (nSPS) is 15.6. The SMILES string of the molecule is CCCC(CC(=O)O)(C(=O)O)S(=O)(=O)O. The van der Waals surface area contributed by atoms with Crippen molar-refractivity contribution in [3.05, 3.63) is 0 Å². The van der Waals surface area contributed by atoms with Gasteiger partial charge in [0.1, 0.15) is 0 Å². The maximum atomic E-state index is 10.9. The first kappa shape index (κ1) is 13.8. The summed E-state index contributed by atoms with van der Waals surface area (Å²) >= 11 is 0. The Bertz CT molecular complexity index is 358. The van der Waals surface area contributed by atoms with E-state index in [4.69, 9.17) is 14.8 Å². The first-order valence-electron chi connectivity index (χ1n) is 4.09.